The number of carbonyl (C=O) groups is 1. The summed E-state index contributed by atoms with van der Waals surface area (Å²) < 4.78 is 5.19. The summed E-state index contributed by atoms with van der Waals surface area (Å²) in [4.78, 5) is 12.5. The average Bonchev–Trinajstić information content (AvgIpc) is 2.64. The summed E-state index contributed by atoms with van der Waals surface area (Å²) in [6, 6.07) is 5.43. The summed E-state index contributed by atoms with van der Waals surface area (Å²) in [5, 5.41) is 22.6. The number of allylic oxidation sites excluding steroid dienone is 1. The number of phenols is 1. The Morgan fingerprint density at radius 1 is 1.46 bits per heavy atom. The van der Waals surface area contributed by atoms with Gasteiger partial charge in [-0.15, -0.1) is 6.58 Å². The third-order valence-electron chi connectivity index (χ3n) is 4.86. The van der Waals surface area contributed by atoms with E-state index in [0.717, 1.165) is 19.3 Å². The maximum Gasteiger partial charge on any atom is 0.262 e. The highest BCUT2D eigenvalue weighted by molar-refractivity contribution is 6.01. The molecule has 5 nitrogen and oxygen atoms in total. The smallest absolute Gasteiger partial charge is 0.262 e. The molecule has 2 N–H and O–H groups in total. The van der Waals surface area contributed by atoms with Crippen molar-refractivity contribution in [3.63, 3.8) is 0 Å². The molecule has 0 spiro atoms. The molecule has 0 bridgehead atoms. The van der Waals surface area contributed by atoms with Gasteiger partial charge < -0.3 is 15.2 Å². The van der Waals surface area contributed by atoms with Gasteiger partial charge >= 0.3 is 0 Å². The van der Waals surface area contributed by atoms with Gasteiger partial charge in [0.05, 0.1) is 7.11 Å². The van der Waals surface area contributed by atoms with Crippen molar-refractivity contribution in [1.82, 2.24) is 5.32 Å². The van der Waals surface area contributed by atoms with Crippen LogP contribution in [0.3, 0.4) is 0 Å². The summed E-state index contributed by atoms with van der Waals surface area (Å²) in [5.41, 5.74) is 1.30. The Balaban J connectivity index is 2.27. The normalized spacial score (nSPS) is 20.1. The van der Waals surface area contributed by atoms with Gasteiger partial charge in [-0.1, -0.05) is 25.8 Å². The first-order valence-electron chi connectivity index (χ1n) is 8.93. The molecular formula is C21H26N2O3. The first-order valence-corrected chi connectivity index (χ1v) is 8.93. The van der Waals surface area contributed by atoms with Gasteiger partial charge in [0.1, 0.15) is 11.6 Å². The number of hydrogen-bond acceptors (Lipinski definition) is 4. The van der Waals surface area contributed by atoms with E-state index in [1.807, 2.05) is 6.07 Å². The van der Waals surface area contributed by atoms with E-state index in [-0.39, 0.29) is 23.3 Å². The van der Waals surface area contributed by atoms with Crippen molar-refractivity contribution in [2.24, 2.45) is 5.92 Å². The molecule has 0 radical (unpaired) electrons. The Morgan fingerprint density at radius 3 is 2.81 bits per heavy atom. The van der Waals surface area contributed by atoms with Crippen LogP contribution in [0, 0.1) is 17.2 Å². The van der Waals surface area contributed by atoms with Gasteiger partial charge in [-0.3, -0.25) is 4.79 Å². The fraction of sp³-hybridized carbons (Fsp3) is 0.429. The van der Waals surface area contributed by atoms with Crippen LogP contribution in [-0.2, 0) is 11.2 Å². The molecule has 1 amide bonds. The van der Waals surface area contributed by atoms with Crippen LogP contribution in [0.5, 0.6) is 11.5 Å². The van der Waals surface area contributed by atoms with E-state index in [0.29, 0.717) is 29.2 Å². The monoisotopic (exact) mass is 354 g/mol. The fourth-order valence-electron chi connectivity index (χ4n) is 3.33. The molecule has 1 aromatic rings. The van der Waals surface area contributed by atoms with Crippen molar-refractivity contribution >= 4 is 12.0 Å². The maximum atomic E-state index is 12.5. The molecule has 5 heteroatoms. The minimum Gasteiger partial charge on any atom is -0.504 e. The number of methoxy groups -OCH3 is 1. The van der Waals surface area contributed by atoms with Crippen molar-refractivity contribution in [2.75, 3.05) is 7.11 Å². The Kier molecular flexibility index (Phi) is 6.85. The van der Waals surface area contributed by atoms with Gasteiger partial charge in [-0.25, -0.2) is 0 Å². The first kappa shape index (κ1) is 19.6. The molecule has 1 aliphatic carbocycles. The average molecular weight is 354 g/mol. The summed E-state index contributed by atoms with van der Waals surface area (Å²) in [7, 11) is 1.46. The number of benzene rings is 1. The van der Waals surface area contributed by atoms with Crippen molar-refractivity contribution in [3.8, 4) is 17.6 Å². The third-order valence-corrected chi connectivity index (χ3v) is 4.86. The van der Waals surface area contributed by atoms with E-state index >= 15 is 0 Å². The van der Waals surface area contributed by atoms with Gasteiger partial charge in [-0.05, 0) is 49.0 Å². The van der Waals surface area contributed by atoms with Crippen LogP contribution < -0.4 is 10.1 Å². The predicted molar refractivity (Wildman–Crippen MR) is 102 cm³/mol. The largest absolute Gasteiger partial charge is 0.504 e. The van der Waals surface area contributed by atoms with Gasteiger partial charge in [-0.2, -0.15) is 5.26 Å². The van der Waals surface area contributed by atoms with Crippen LogP contribution in [0.25, 0.3) is 6.08 Å². The predicted octanol–water partition coefficient (Wildman–Crippen LogP) is 3.73. The quantitative estimate of drug-likeness (QED) is 0.463. The van der Waals surface area contributed by atoms with Gasteiger partial charge in [0, 0.05) is 11.6 Å². The van der Waals surface area contributed by atoms with E-state index < -0.39 is 0 Å². The van der Waals surface area contributed by atoms with Crippen molar-refractivity contribution < 1.29 is 14.6 Å². The van der Waals surface area contributed by atoms with Crippen molar-refractivity contribution in [1.29, 1.82) is 5.26 Å². The van der Waals surface area contributed by atoms with Crippen LogP contribution >= 0.6 is 0 Å². The van der Waals surface area contributed by atoms with Crippen LogP contribution in [0.15, 0.2) is 30.4 Å². The standard InChI is InChI=1S/C21H26N2O3/c1-4-7-16-10-15(12-19(26-3)20(16)24)11-17(13-22)21(25)23-18-9-6-5-8-14(18)2/h4,10-12,14,18,24H,1,5-9H2,2-3H3,(H,23,25)/b17-11+/t14-,18-/m0/s1. The van der Waals surface area contributed by atoms with Crippen LogP contribution in [0.2, 0.25) is 0 Å². The molecule has 1 aromatic carbocycles. The number of aromatic hydroxyl groups is 1. The first-order chi connectivity index (χ1) is 12.5. The number of carbonyl (C=O) groups excluding carboxylic acids is 1. The molecular weight excluding hydrogens is 328 g/mol. The van der Waals surface area contributed by atoms with Gasteiger partial charge in [0.25, 0.3) is 5.91 Å². The number of ether oxygens (including phenoxy) is 1. The Bertz CT molecular complexity index is 746. The number of phenolic OH excluding ortho intramolecular Hbond substituents is 1. The molecule has 2 rings (SSSR count). The minimum atomic E-state index is -0.358. The van der Waals surface area contributed by atoms with Crippen molar-refractivity contribution in [3.05, 3.63) is 41.5 Å². The number of rotatable bonds is 6. The Labute approximate surface area is 155 Å². The molecule has 0 saturated heterocycles. The van der Waals surface area contributed by atoms with Crippen LogP contribution in [-0.4, -0.2) is 24.2 Å². The number of amides is 1. The molecule has 0 unspecified atom stereocenters. The highest BCUT2D eigenvalue weighted by Crippen LogP contribution is 2.33. The fourth-order valence-corrected chi connectivity index (χ4v) is 3.33. The van der Waals surface area contributed by atoms with E-state index in [9.17, 15) is 15.2 Å². The molecule has 2 atom stereocenters. The molecule has 0 aromatic heterocycles. The minimum absolute atomic E-state index is 0.0417. The second-order valence-electron chi connectivity index (χ2n) is 6.74. The van der Waals surface area contributed by atoms with Gasteiger partial charge in [0.2, 0.25) is 0 Å². The van der Waals surface area contributed by atoms with E-state index in [4.69, 9.17) is 4.74 Å². The zero-order valence-electron chi connectivity index (χ0n) is 15.4. The lowest BCUT2D eigenvalue weighted by atomic mass is 9.86. The number of nitrogens with zero attached hydrogens (tertiary/aromatic N) is 1. The molecule has 1 saturated carbocycles. The third kappa shape index (κ3) is 4.66. The topological polar surface area (TPSA) is 82.4 Å². The van der Waals surface area contributed by atoms with Crippen LogP contribution in [0.1, 0.15) is 43.7 Å². The molecule has 0 heterocycles. The Hall–Kier alpha value is -2.74. The molecule has 138 valence electrons. The lowest BCUT2D eigenvalue weighted by Crippen LogP contribution is -2.41. The summed E-state index contributed by atoms with van der Waals surface area (Å²) >= 11 is 0. The summed E-state index contributed by atoms with van der Waals surface area (Å²) in [5.74, 6) is 0.405. The lowest BCUT2D eigenvalue weighted by Gasteiger charge is -2.29. The zero-order chi connectivity index (χ0) is 19.1. The van der Waals surface area contributed by atoms with Crippen molar-refractivity contribution in [2.45, 2.75) is 45.1 Å². The molecule has 1 fully saturated rings. The molecule has 26 heavy (non-hydrogen) atoms. The highest BCUT2D eigenvalue weighted by atomic mass is 16.5. The number of hydrogen-bond donors (Lipinski definition) is 2. The SMILES string of the molecule is C=CCc1cc(/C=C(\C#N)C(=O)N[C@H]2CCCC[C@@H]2C)cc(OC)c1O. The van der Waals surface area contributed by atoms with E-state index in [1.54, 1.807) is 18.2 Å². The maximum absolute atomic E-state index is 12.5. The van der Waals surface area contributed by atoms with E-state index in [1.165, 1.54) is 19.6 Å². The summed E-state index contributed by atoms with van der Waals surface area (Å²) in [6.45, 7) is 5.81. The van der Waals surface area contributed by atoms with Gasteiger partial charge in [0.15, 0.2) is 11.5 Å². The highest BCUT2D eigenvalue weighted by Gasteiger charge is 2.24. The molecule has 1 aliphatic rings. The zero-order valence-corrected chi connectivity index (χ0v) is 15.4. The lowest BCUT2D eigenvalue weighted by molar-refractivity contribution is -0.118. The Morgan fingerprint density at radius 2 is 2.19 bits per heavy atom. The number of nitriles is 1. The number of nitrogens with one attached hydrogen (secondary N) is 1. The molecule has 0 aliphatic heterocycles. The second kappa shape index (κ2) is 9.10. The van der Waals surface area contributed by atoms with Crippen LogP contribution in [0.4, 0.5) is 0 Å². The second-order valence-corrected chi connectivity index (χ2v) is 6.74. The summed E-state index contributed by atoms with van der Waals surface area (Å²) in [6.07, 6.45) is 7.98. The van der Waals surface area contributed by atoms with E-state index in [2.05, 4.69) is 18.8 Å².